The minimum atomic E-state index is -3.51. The van der Waals surface area contributed by atoms with Crippen molar-refractivity contribution in [1.29, 1.82) is 0 Å². The van der Waals surface area contributed by atoms with Crippen molar-refractivity contribution in [1.82, 2.24) is 19.2 Å². The van der Waals surface area contributed by atoms with E-state index >= 15 is 0 Å². The largest absolute Gasteiger partial charge is 0.338 e. The number of carbonyl (C=O) groups is 1. The molecule has 3 aliphatic carbocycles. The lowest BCUT2D eigenvalue weighted by molar-refractivity contribution is -0.131. The molecular weight excluding hydrogens is 438 g/mol. The molecule has 0 aromatic carbocycles. The van der Waals surface area contributed by atoms with E-state index in [4.69, 9.17) is 0 Å². The third-order valence-corrected chi connectivity index (χ3v) is 9.46. The molecule has 1 aromatic rings. The fourth-order valence-electron chi connectivity index (χ4n) is 5.57. The molecular formula is C21H30ClN5O3S. The van der Waals surface area contributed by atoms with Gasteiger partial charge < -0.3 is 4.90 Å². The average molecular weight is 468 g/mol. The van der Waals surface area contributed by atoms with E-state index in [1.54, 1.807) is 12.4 Å². The number of anilines is 1. The number of sulfonamides is 1. The Balaban J connectivity index is 0.00000231. The van der Waals surface area contributed by atoms with E-state index in [0.717, 1.165) is 64.4 Å². The summed E-state index contributed by atoms with van der Waals surface area (Å²) in [6.45, 7) is 4.91. The molecule has 1 aromatic heterocycles. The summed E-state index contributed by atoms with van der Waals surface area (Å²) in [7, 11) is -3.51. The van der Waals surface area contributed by atoms with E-state index in [-0.39, 0.29) is 36.1 Å². The highest BCUT2D eigenvalue weighted by atomic mass is 35.5. The van der Waals surface area contributed by atoms with E-state index in [1.807, 2.05) is 12.1 Å². The van der Waals surface area contributed by atoms with Crippen molar-refractivity contribution in [2.45, 2.75) is 30.9 Å². The number of aromatic nitrogens is 2. The van der Waals surface area contributed by atoms with Crippen molar-refractivity contribution in [2.75, 3.05) is 44.2 Å². The first-order valence-corrected chi connectivity index (χ1v) is 12.5. The number of carbonyl (C=O) groups excluding carboxylic acids is 1. The molecule has 6 rings (SSSR count). The van der Waals surface area contributed by atoms with Gasteiger partial charge in [-0.1, -0.05) is 12.2 Å². The number of fused-ring (bicyclic) bond motifs is 1. The maximum absolute atomic E-state index is 13.0. The van der Waals surface area contributed by atoms with Crippen LogP contribution in [0.4, 0.5) is 5.95 Å². The molecule has 1 saturated carbocycles. The number of piperazine rings is 1. The molecule has 2 aliphatic heterocycles. The Bertz CT molecular complexity index is 920. The summed E-state index contributed by atoms with van der Waals surface area (Å²) in [6.07, 6.45) is 11.1. The van der Waals surface area contributed by atoms with Crippen molar-refractivity contribution < 1.29 is 13.2 Å². The molecule has 10 heteroatoms. The average Bonchev–Trinajstić information content (AvgIpc) is 3.00. The molecule has 4 atom stereocenters. The maximum atomic E-state index is 13.0. The van der Waals surface area contributed by atoms with Crippen LogP contribution in [-0.2, 0) is 14.8 Å². The number of allylic oxidation sites excluding steroid dienone is 2. The topological polar surface area (TPSA) is 86.7 Å². The second kappa shape index (κ2) is 9.03. The van der Waals surface area contributed by atoms with Gasteiger partial charge in [0.25, 0.3) is 0 Å². The third-order valence-electron chi connectivity index (χ3n) is 7.15. The van der Waals surface area contributed by atoms with Crippen LogP contribution < -0.4 is 4.90 Å². The lowest BCUT2D eigenvalue weighted by atomic mass is 9.68. The molecule has 5 aliphatic rings. The highest BCUT2D eigenvalue weighted by molar-refractivity contribution is 7.90. The van der Waals surface area contributed by atoms with E-state index in [1.165, 1.54) is 4.31 Å². The summed E-state index contributed by atoms with van der Waals surface area (Å²) in [5.41, 5.74) is 0. The second-order valence-corrected chi connectivity index (χ2v) is 10.8. The highest BCUT2D eigenvalue weighted by Crippen LogP contribution is 2.49. The number of hydrogen-bond acceptors (Lipinski definition) is 7. The SMILES string of the molecule is Cl.O=C1C2C3C=CC(CC3)C2S(=O)(=O)N1CCCCN1CCN(c2ncccn2)CC1. The van der Waals surface area contributed by atoms with Crippen LogP contribution in [0.15, 0.2) is 30.6 Å². The predicted octanol–water partition coefficient (Wildman–Crippen LogP) is 1.55. The van der Waals surface area contributed by atoms with E-state index in [0.29, 0.717) is 6.54 Å². The summed E-state index contributed by atoms with van der Waals surface area (Å²) in [5, 5.41) is -0.512. The van der Waals surface area contributed by atoms with Crippen LogP contribution in [0.2, 0.25) is 0 Å². The van der Waals surface area contributed by atoms with Crippen LogP contribution in [0, 0.1) is 17.8 Å². The standard InChI is InChI=1S/C21H29N5O3S.ClH/c27-20-18-16-4-6-17(7-5-16)19(18)30(28,29)26(20)11-2-1-10-24-12-14-25(15-13-24)21-22-8-3-9-23-21;/h3-4,6,8-9,16-19H,1-2,5,7,10-15H2;1H. The summed E-state index contributed by atoms with van der Waals surface area (Å²) >= 11 is 0. The van der Waals surface area contributed by atoms with Crippen molar-refractivity contribution >= 4 is 34.3 Å². The zero-order chi connectivity index (χ0) is 20.7. The van der Waals surface area contributed by atoms with Crippen LogP contribution in [0.25, 0.3) is 0 Å². The lowest BCUT2D eigenvalue weighted by Crippen LogP contribution is -2.47. The van der Waals surface area contributed by atoms with Gasteiger partial charge >= 0.3 is 0 Å². The van der Waals surface area contributed by atoms with Gasteiger partial charge in [0, 0.05) is 45.1 Å². The first kappa shape index (κ1) is 22.5. The minimum absolute atomic E-state index is 0. The highest BCUT2D eigenvalue weighted by Gasteiger charge is 2.59. The fraction of sp³-hybridized carbons (Fsp3) is 0.667. The fourth-order valence-corrected chi connectivity index (χ4v) is 7.98. The van der Waals surface area contributed by atoms with Gasteiger partial charge in [0.2, 0.25) is 21.9 Å². The molecule has 0 spiro atoms. The van der Waals surface area contributed by atoms with E-state index in [2.05, 4.69) is 25.8 Å². The Morgan fingerprint density at radius 1 is 0.935 bits per heavy atom. The lowest BCUT2D eigenvalue weighted by Gasteiger charge is -2.37. The van der Waals surface area contributed by atoms with Gasteiger partial charge in [-0.05, 0) is 50.1 Å². The van der Waals surface area contributed by atoms with Gasteiger partial charge in [0.15, 0.2) is 0 Å². The minimum Gasteiger partial charge on any atom is -0.338 e. The Hall–Kier alpha value is -1.71. The van der Waals surface area contributed by atoms with Gasteiger partial charge in [-0.15, -0.1) is 12.4 Å². The number of rotatable bonds is 6. The Morgan fingerprint density at radius 2 is 1.58 bits per heavy atom. The molecule has 4 unspecified atom stereocenters. The first-order valence-electron chi connectivity index (χ1n) is 11.0. The first-order chi connectivity index (χ1) is 14.6. The van der Waals surface area contributed by atoms with Crippen molar-refractivity contribution in [3.63, 3.8) is 0 Å². The summed E-state index contributed by atoms with van der Waals surface area (Å²) in [5.74, 6) is 0.406. The maximum Gasteiger partial charge on any atom is 0.241 e. The summed E-state index contributed by atoms with van der Waals surface area (Å²) in [6, 6.07) is 1.82. The van der Waals surface area contributed by atoms with Gasteiger partial charge in [0.05, 0.1) is 11.2 Å². The zero-order valence-corrected chi connectivity index (χ0v) is 19.2. The van der Waals surface area contributed by atoms with Crippen molar-refractivity contribution in [3.8, 4) is 0 Å². The second-order valence-electron chi connectivity index (χ2n) is 8.82. The predicted molar refractivity (Wildman–Crippen MR) is 120 cm³/mol. The molecule has 2 bridgehead atoms. The molecule has 8 nitrogen and oxygen atoms in total. The number of nitrogens with zero attached hydrogens (tertiary/aromatic N) is 5. The Kier molecular flexibility index (Phi) is 6.55. The van der Waals surface area contributed by atoms with Crippen molar-refractivity contribution in [3.05, 3.63) is 30.6 Å². The van der Waals surface area contributed by atoms with E-state index in [9.17, 15) is 13.2 Å². The monoisotopic (exact) mass is 467 g/mol. The van der Waals surface area contributed by atoms with Gasteiger partial charge in [0.1, 0.15) is 0 Å². The Labute approximate surface area is 190 Å². The third kappa shape index (κ3) is 4.07. The number of hydrogen-bond donors (Lipinski definition) is 0. The molecule has 0 radical (unpaired) electrons. The number of halogens is 1. The Morgan fingerprint density at radius 3 is 2.23 bits per heavy atom. The molecule has 170 valence electrons. The normalized spacial score (nSPS) is 31.5. The van der Waals surface area contributed by atoms with Gasteiger partial charge in [-0.3, -0.25) is 9.69 Å². The summed E-state index contributed by atoms with van der Waals surface area (Å²) in [4.78, 5) is 26.1. The van der Waals surface area contributed by atoms with Gasteiger partial charge in [-0.25, -0.2) is 22.7 Å². The zero-order valence-electron chi connectivity index (χ0n) is 17.5. The van der Waals surface area contributed by atoms with E-state index < -0.39 is 15.3 Å². The molecule has 3 fully saturated rings. The molecule has 1 amide bonds. The van der Waals surface area contributed by atoms with Crippen LogP contribution in [0.1, 0.15) is 25.7 Å². The smallest absolute Gasteiger partial charge is 0.241 e. The quantitative estimate of drug-likeness (QED) is 0.463. The van der Waals surface area contributed by atoms with Crippen LogP contribution in [-0.4, -0.2) is 78.0 Å². The molecule has 31 heavy (non-hydrogen) atoms. The molecule has 3 heterocycles. The van der Waals surface area contributed by atoms with Gasteiger partial charge in [-0.2, -0.15) is 0 Å². The van der Waals surface area contributed by atoms with Crippen LogP contribution in [0.3, 0.4) is 0 Å². The molecule has 0 N–H and O–H groups in total. The molecule has 2 saturated heterocycles. The van der Waals surface area contributed by atoms with Crippen molar-refractivity contribution in [2.24, 2.45) is 17.8 Å². The number of unbranched alkanes of at least 4 members (excludes halogenated alkanes) is 1. The van der Waals surface area contributed by atoms with Crippen LogP contribution >= 0.6 is 12.4 Å². The summed E-state index contributed by atoms with van der Waals surface area (Å²) < 4.78 is 27.3. The number of amides is 1. The van der Waals surface area contributed by atoms with Crippen LogP contribution in [0.5, 0.6) is 0 Å².